The van der Waals surface area contributed by atoms with Crippen molar-refractivity contribution in [3.05, 3.63) is 54.6 Å². The van der Waals surface area contributed by atoms with Crippen molar-refractivity contribution >= 4 is 34.8 Å². The van der Waals surface area contributed by atoms with Gasteiger partial charge in [-0.3, -0.25) is 14.4 Å². The van der Waals surface area contributed by atoms with Crippen molar-refractivity contribution in [1.82, 2.24) is 0 Å². The van der Waals surface area contributed by atoms with E-state index in [1.807, 2.05) is 12.2 Å². The molecule has 1 spiro atoms. The van der Waals surface area contributed by atoms with Crippen LogP contribution in [-0.2, 0) is 19.1 Å². The molecule has 5 rings (SSSR count). The van der Waals surface area contributed by atoms with Crippen LogP contribution in [0, 0.1) is 11.8 Å². The first kappa shape index (κ1) is 22.0. The molecular formula is C25H25N3O6. The minimum atomic E-state index is -0.836. The zero-order valence-corrected chi connectivity index (χ0v) is 19.0. The minimum absolute atomic E-state index is 0.161. The van der Waals surface area contributed by atoms with Gasteiger partial charge in [0, 0.05) is 30.1 Å². The van der Waals surface area contributed by atoms with Gasteiger partial charge in [0.05, 0.1) is 38.7 Å². The molecule has 2 aromatic rings. The quantitative estimate of drug-likeness (QED) is 0.638. The monoisotopic (exact) mass is 463 g/mol. The second-order valence-electron chi connectivity index (χ2n) is 8.61. The molecule has 3 aliphatic heterocycles. The summed E-state index contributed by atoms with van der Waals surface area (Å²) < 4.78 is 16.8. The molecule has 4 atom stereocenters. The second-order valence-corrected chi connectivity index (χ2v) is 8.61. The van der Waals surface area contributed by atoms with E-state index < -0.39 is 23.5 Å². The number of ether oxygens (including phenoxy) is 3. The lowest BCUT2D eigenvalue weighted by Gasteiger charge is -2.23. The van der Waals surface area contributed by atoms with Crippen LogP contribution in [0.5, 0.6) is 11.5 Å². The molecule has 34 heavy (non-hydrogen) atoms. The van der Waals surface area contributed by atoms with Crippen LogP contribution >= 0.6 is 0 Å². The van der Waals surface area contributed by atoms with Crippen LogP contribution in [0.15, 0.2) is 54.6 Å². The van der Waals surface area contributed by atoms with E-state index in [2.05, 4.69) is 10.6 Å². The molecule has 3 heterocycles. The van der Waals surface area contributed by atoms with E-state index in [0.717, 1.165) is 0 Å². The summed E-state index contributed by atoms with van der Waals surface area (Å²) >= 11 is 0. The lowest BCUT2D eigenvalue weighted by atomic mass is 9.77. The van der Waals surface area contributed by atoms with Crippen molar-refractivity contribution in [3.63, 3.8) is 0 Å². The van der Waals surface area contributed by atoms with Crippen LogP contribution in [0.3, 0.4) is 0 Å². The topological polar surface area (TPSA) is 106 Å². The van der Waals surface area contributed by atoms with Crippen LogP contribution in [-0.4, -0.2) is 50.2 Å². The number of hydrogen-bond donors (Lipinski definition) is 2. The molecule has 3 amide bonds. The number of benzene rings is 2. The van der Waals surface area contributed by atoms with Gasteiger partial charge in [0.15, 0.2) is 11.5 Å². The Balaban J connectivity index is 1.37. The Morgan fingerprint density at radius 3 is 2.41 bits per heavy atom. The van der Waals surface area contributed by atoms with E-state index in [4.69, 9.17) is 14.2 Å². The molecule has 0 aromatic heterocycles. The number of rotatable bonds is 6. The molecule has 176 valence electrons. The highest BCUT2D eigenvalue weighted by Gasteiger charge is 2.67. The predicted molar refractivity (Wildman–Crippen MR) is 125 cm³/mol. The molecular weight excluding hydrogens is 438 g/mol. The number of fused-ring (bicyclic) bond motifs is 1. The summed E-state index contributed by atoms with van der Waals surface area (Å²) in [7, 11) is 3.07. The van der Waals surface area contributed by atoms with Crippen LogP contribution in [0.1, 0.15) is 6.92 Å². The fourth-order valence-electron chi connectivity index (χ4n) is 5.08. The average Bonchev–Trinajstić information content (AvgIpc) is 3.47. The molecule has 2 fully saturated rings. The zero-order chi connectivity index (χ0) is 24.0. The van der Waals surface area contributed by atoms with Crippen LogP contribution in [0.2, 0.25) is 0 Å². The highest BCUT2D eigenvalue weighted by atomic mass is 16.5. The van der Waals surface area contributed by atoms with Gasteiger partial charge >= 0.3 is 0 Å². The molecule has 9 heteroatoms. The summed E-state index contributed by atoms with van der Waals surface area (Å²) in [5.41, 5.74) is 1.03. The maximum Gasteiger partial charge on any atom is 0.234 e. The van der Waals surface area contributed by atoms with E-state index in [1.165, 1.54) is 14.0 Å². The Bertz CT molecular complexity index is 1190. The van der Waals surface area contributed by atoms with E-state index in [-0.39, 0.29) is 17.7 Å². The Hall–Kier alpha value is -3.85. The van der Waals surface area contributed by atoms with Crippen molar-refractivity contribution in [2.75, 3.05) is 36.3 Å². The van der Waals surface area contributed by atoms with E-state index >= 15 is 0 Å². The van der Waals surface area contributed by atoms with Gasteiger partial charge < -0.3 is 29.7 Å². The Kier molecular flexibility index (Phi) is 5.28. The number of anilines is 3. The van der Waals surface area contributed by atoms with Gasteiger partial charge in [-0.05, 0) is 36.4 Å². The van der Waals surface area contributed by atoms with Crippen molar-refractivity contribution in [2.24, 2.45) is 11.8 Å². The fourth-order valence-corrected chi connectivity index (χ4v) is 5.08. The SMILES string of the molecule is COc1ccc(NC(=O)[C@@H]2[C@H]3C=C[C@]4(CN(c5ccc(NC(C)=O)cc5)C(=O)[C@@H]24)O3)cc1OC. The summed E-state index contributed by atoms with van der Waals surface area (Å²) in [4.78, 5) is 39.8. The lowest BCUT2D eigenvalue weighted by Crippen LogP contribution is -2.41. The smallest absolute Gasteiger partial charge is 0.234 e. The Morgan fingerprint density at radius 1 is 1.03 bits per heavy atom. The number of amides is 3. The maximum atomic E-state index is 13.5. The fraction of sp³-hybridized carbons (Fsp3) is 0.320. The second kappa shape index (κ2) is 8.18. The third-order valence-corrected chi connectivity index (χ3v) is 6.55. The standard InChI is InChI=1S/C25H25N3O6/c1-14(29)26-15-4-7-17(8-5-15)28-13-25-11-10-19(34-25)21(22(25)24(28)31)23(30)27-16-6-9-18(32-2)20(12-16)33-3/h4-12,19,21-22H,13H2,1-3H3,(H,26,29)(H,27,30)/t19-,21-,22-,25-/m1/s1. The minimum Gasteiger partial charge on any atom is -0.493 e. The van der Waals surface area contributed by atoms with Gasteiger partial charge in [0.2, 0.25) is 17.7 Å². The third-order valence-electron chi connectivity index (χ3n) is 6.55. The molecule has 2 saturated heterocycles. The third kappa shape index (κ3) is 3.49. The van der Waals surface area contributed by atoms with Crippen LogP contribution < -0.4 is 25.0 Å². The molecule has 2 bridgehead atoms. The number of methoxy groups -OCH3 is 2. The Morgan fingerprint density at radius 2 is 1.74 bits per heavy atom. The van der Waals surface area contributed by atoms with Gasteiger partial charge in [-0.15, -0.1) is 0 Å². The zero-order valence-electron chi connectivity index (χ0n) is 19.0. The molecule has 3 aliphatic rings. The summed E-state index contributed by atoms with van der Waals surface area (Å²) in [6.07, 6.45) is 3.32. The summed E-state index contributed by atoms with van der Waals surface area (Å²) in [5.74, 6) is -0.857. The molecule has 9 nitrogen and oxygen atoms in total. The number of hydrogen-bond acceptors (Lipinski definition) is 6. The van der Waals surface area contributed by atoms with Gasteiger partial charge in [-0.25, -0.2) is 0 Å². The predicted octanol–water partition coefficient (Wildman–Crippen LogP) is 2.59. The maximum absolute atomic E-state index is 13.5. The van der Waals surface area contributed by atoms with E-state index in [0.29, 0.717) is 35.1 Å². The van der Waals surface area contributed by atoms with Crippen molar-refractivity contribution in [3.8, 4) is 11.5 Å². The first-order valence-corrected chi connectivity index (χ1v) is 10.9. The van der Waals surface area contributed by atoms with Gasteiger partial charge in [-0.2, -0.15) is 0 Å². The first-order chi connectivity index (χ1) is 16.3. The molecule has 0 unspecified atom stereocenters. The largest absolute Gasteiger partial charge is 0.493 e. The normalized spacial score (nSPS) is 26.4. The summed E-state index contributed by atoms with van der Waals surface area (Å²) in [5, 5.41) is 5.62. The Labute approximate surface area is 196 Å². The first-order valence-electron chi connectivity index (χ1n) is 10.9. The number of carbonyl (C=O) groups is 3. The molecule has 2 N–H and O–H groups in total. The number of carbonyl (C=O) groups excluding carboxylic acids is 3. The van der Waals surface area contributed by atoms with Crippen LogP contribution in [0.25, 0.3) is 0 Å². The van der Waals surface area contributed by atoms with Gasteiger partial charge in [0.25, 0.3) is 0 Å². The van der Waals surface area contributed by atoms with E-state index in [9.17, 15) is 14.4 Å². The van der Waals surface area contributed by atoms with Crippen molar-refractivity contribution in [2.45, 2.75) is 18.6 Å². The molecule has 0 aliphatic carbocycles. The molecule has 0 radical (unpaired) electrons. The highest BCUT2D eigenvalue weighted by molar-refractivity contribution is 6.05. The van der Waals surface area contributed by atoms with Crippen molar-refractivity contribution < 1.29 is 28.6 Å². The number of nitrogens with zero attached hydrogens (tertiary/aromatic N) is 1. The molecule has 2 aromatic carbocycles. The van der Waals surface area contributed by atoms with E-state index in [1.54, 1.807) is 54.5 Å². The van der Waals surface area contributed by atoms with Crippen LogP contribution in [0.4, 0.5) is 17.1 Å². The summed E-state index contributed by atoms with van der Waals surface area (Å²) in [6.45, 7) is 1.76. The molecule has 0 saturated carbocycles. The van der Waals surface area contributed by atoms with Gasteiger partial charge in [0.1, 0.15) is 5.60 Å². The highest BCUT2D eigenvalue weighted by Crippen LogP contribution is 2.53. The van der Waals surface area contributed by atoms with Gasteiger partial charge in [-0.1, -0.05) is 12.2 Å². The average molecular weight is 463 g/mol. The number of nitrogens with one attached hydrogen (secondary N) is 2. The van der Waals surface area contributed by atoms with Crippen molar-refractivity contribution in [1.29, 1.82) is 0 Å². The summed E-state index contributed by atoms with van der Waals surface area (Å²) in [6, 6.07) is 12.1. The lowest BCUT2D eigenvalue weighted by molar-refractivity contribution is -0.128.